The van der Waals surface area contributed by atoms with Crippen LogP contribution in [-0.4, -0.2) is 12.1 Å². The van der Waals surface area contributed by atoms with E-state index >= 15 is 0 Å². The lowest BCUT2D eigenvalue weighted by atomic mass is 10.1. The second-order valence-corrected chi connectivity index (χ2v) is 5.42. The van der Waals surface area contributed by atoms with Gasteiger partial charge < -0.3 is 10.6 Å². The Balaban J connectivity index is 1.78. The van der Waals surface area contributed by atoms with E-state index in [2.05, 4.69) is 22.8 Å². The summed E-state index contributed by atoms with van der Waals surface area (Å²) in [5.41, 5.74) is 2.11. The number of halogens is 1. The highest BCUT2D eigenvalue weighted by molar-refractivity contribution is 6.31. The van der Waals surface area contributed by atoms with E-state index < -0.39 is 0 Å². The largest absolute Gasteiger partial charge is 0.335 e. The van der Waals surface area contributed by atoms with E-state index in [1.807, 2.05) is 49.4 Å². The topological polar surface area (TPSA) is 41.1 Å². The normalized spacial score (nSPS) is 11.7. The predicted molar refractivity (Wildman–Crippen MR) is 86.4 cm³/mol. The first-order chi connectivity index (χ1) is 10.1. The van der Waals surface area contributed by atoms with Crippen LogP contribution in [0.4, 0.5) is 4.79 Å². The van der Waals surface area contributed by atoms with Crippen molar-refractivity contribution < 1.29 is 4.79 Å². The lowest BCUT2D eigenvalue weighted by molar-refractivity contribution is 0.237. The molecule has 2 amide bonds. The Morgan fingerprint density at radius 1 is 1.10 bits per heavy atom. The fraction of sp³-hybridized carbons (Fsp3) is 0.235. The smallest absolute Gasteiger partial charge is 0.315 e. The second-order valence-electron chi connectivity index (χ2n) is 5.01. The molecule has 1 unspecified atom stereocenters. The maximum Gasteiger partial charge on any atom is 0.315 e. The highest BCUT2D eigenvalue weighted by Crippen LogP contribution is 2.14. The number of rotatable bonds is 5. The van der Waals surface area contributed by atoms with Gasteiger partial charge >= 0.3 is 6.03 Å². The van der Waals surface area contributed by atoms with Crippen molar-refractivity contribution in [2.24, 2.45) is 0 Å². The van der Waals surface area contributed by atoms with E-state index in [-0.39, 0.29) is 12.1 Å². The summed E-state index contributed by atoms with van der Waals surface area (Å²) < 4.78 is 0. The van der Waals surface area contributed by atoms with Gasteiger partial charge in [-0.15, -0.1) is 0 Å². The molecule has 0 aliphatic carbocycles. The van der Waals surface area contributed by atoms with Crippen molar-refractivity contribution in [3.63, 3.8) is 0 Å². The zero-order valence-corrected chi connectivity index (χ0v) is 12.7. The molecule has 0 aromatic heterocycles. The fourth-order valence-electron chi connectivity index (χ4n) is 2.11. The predicted octanol–water partition coefficient (Wildman–Crippen LogP) is 3.77. The minimum absolute atomic E-state index is 0.0682. The van der Waals surface area contributed by atoms with Crippen LogP contribution in [0.5, 0.6) is 0 Å². The van der Waals surface area contributed by atoms with Crippen molar-refractivity contribution in [1.82, 2.24) is 10.6 Å². The van der Waals surface area contributed by atoms with Gasteiger partial charge in [0, 0.05) is 17.6 Å². The lowest BCUT2D eigenvalue weighted by Gasteiger charge is -2.15. The van der Waals surface area contributed by atoms with Crippen molar-refractivity contribution in [2.75, 3.05) is 0 Å². The number of hydrogen-bond acceptors (Lipinski definition) is 1. The first-order valence-electron chi connectivity index (χ1n) is 6.97. The van der Waals surface area contributed by atoms with E-state index in [0.29, 0.717) is 11.6 Å². The lowest BCUT2D eigenvalue weighted by Crippen LogP contribution is -2.41. The van der Waals surface area contributed by atoms with Crippen LogP contribution in [0, 0.1) is 0 Å². The molecule has 1 atom stereocenters. The van der Waals surface area contributed by atoms with Gasteiger partial charge in [0.25, 0.3) is 0 Å². The van der Waals surface area contributed by atoms with Gasteiger partial charge in [0.05, 0.1) is 0 Å². The highest BCUT2D eigenvalue weighted by atomic mass is 35.5. The molecule has 0 aliphatic heterocycles. The third-order valence-electron chi connectivity index (χ3n) is 3.16. The van der Waals surface area contributed by atoms with Gasteiger partial charge in [-0.1, -0.05) is 60.1 Å². The molecule has 0 fully saturated rings. The van der Waals surface area contributed by atoms with Crippen molar-refractivity contribution in [1.29, 1.82) is 0 Å². The van der Waals surface area contributed by atoms with Crippen LogP contribution in [0.3, 0.4) is 0 Å². The monoisotopic (exact) mass is 302 g/mol. The molecule has 3 nitrogen and oxygen atoms in total. The van der Waals surface area contributed by atoms with E-state index in [4.69, 9.17) is 11.6 Å². The Hall–Kier alpha value is -2.00. The van der Waals surface area contributed by atoms with Crippen molar-refractivity contribution in [3.8, 4) is 0 Å². The number of amides is 2. The Morgan fingerprint density at radius 2 is 1.76 bits per heavy atom. The van der Waals surface area contributed by atoms with Gasteiger partial charge in [0.15, 0.2) is 0 Å². The molecular formula is C17H19ClN2O. The molecule has 0 spiro atoms. The first kappa shape index (κ1) is 15.4. The third kappa shape index (κ3) is 5.12. The molecular weight excluding hydrogens is 284 g/mol. The van der Waals surface area contributed by atoms with Crippen LogP contribution in [0.15, 0.2) is 54.6 Å². The summed E-state index contributed by atoms with van der Waals surface area (Å²) in [7, 11) is 0. The first-order valence-corrected chi connectivity index (χ1v) is 7.34. The van der Waals surface area contributed by atoms with Crippen molar-refractivity contribution in [2.45, 2.75) is 25.9 Å². The zero-order valence-electron chi connectivity index (χ0n) is 12.0. The Morgan fingerprint density at radius 3 is 2.48 bits per heavy atom. The van der Waals surface area contributed by atoms with Crippen LogP contribution < -0.4 is 10.6 Å². The Bertz CT molecular complexity index is 586. The fourth-order valence-corrected chi connectivity index (χ4v) is 2.31. The van der Waals surface area contributed by atoms with Crippen molar-refractivity contribution in [3.05, 3.63) is 70.7 Å². The van der Waals surface area contributed by atoms with E-state index in [0.717, 1.165) is 12.0 Å². The molecule has 0 radical (unpaired) electrons. The standard InChI is InChI=1S/C17H19ClN2O/c1-13(11-14-7-3-2-4-8-14)20-17(21)19-12-15-9-5-6-10-16(15)18/h2-10,13H,11-12H2,1H3,(H2,19,20,21). The van der Waals surface area contributed by atoms with E-state index in [1.54, 1.807) is 0 Å². The Kier molecular flexibility index (Phi) is 5.64. The molecule has 0 aliphatic rings. The minimum Gasteiger partial charge on any atom is -0.335 e. The molecule has 4 heteroatoms. The number of nitrogens with one attached hydrogen (secondary N) is 2. The molecule has 21 heavy (non-hydrogen) atoms. The van der Waals surface area contributed by atoms with Gasteiger partial charge in [0.1, 0.15) is 0 Å². The molecule has 2 aromatic rings. The number of carbonyl (C=O) groups excluding carboxylic acids is 1. The molecule has 2 N–H and O–H groups in total. The second kappa shape index (κ2) is 7.70. The zero-order chi connectivity index (χ0) is 15.1. The number of urea groups is 1. The average molecular weight is 303 g/mol. The maximum absolute atomic E-state index is 11.9. The van der Waals surface area contributed by atoms with Crippen LogP contribution in [0.1, 0.15) is 18.1 Å². The van der Waals surface area contributed by atoms with Gasteiger partial charge in [-0.25, -0.2) is 4.79 Å². The minimum atomic E-state index is -0.182. The van der Waals surface area contributed by atoms with Gasteiger partial charge in [0.2, 0.25) is 0 Å². The molecule has 2 aromatic carbocycles. The van der Waals surface area contributed by atoms with Gasteiger partial charge in [-0.2, -0.15) is 0 Å². The SMILES string of the molecule is CC(Cc1ccccc1)NC(=O)NCc1ccccc1Cl. The van der Waals surface area contributed by atoms with Crippen LogP contribution in [-0.2, 0) is 13.0 Å². The number of carbonyl (C=O) groups is 1. The molecule has 0 heterocycles. The number of benzene rings is 2. The summed E-state index contributed by atoms with van der Waals surface area (Å²) >= 11 is 6.05. The summed E-state index contributed by atoms with van der Waals surface area (Å²) in [6.07, 6.45) is 0.806. The van der Waals surface area contributed by atoms with Gasteiger partial charge in [-0.05, 0) is 30.5 Å². The third-order valence-corrected chi connectivity index (χ3v) is 3.53. The van der Waals surface area contributed by atoms with Crippen LogP contribution in [0.2, 0.25) is 5.02 Å². The summed E-state index contributed by atoms with van der Waals surface area (Å²) in [4.78, 5) is 11.9. The maximum atomic E-state index is 11.9. The summed E-state index contributed by atoms with van der Waals surface area (Å²) in [5, 5.41) is 6.41. The van der Waals surface area contributed by atoms with Crippen molar-refractivity contribution >= 4 is 17.6 Å². The van der Waals surface area contributed by atoms with E-state index in [9.17, 15) is 4.79 Å². The summed E-state index contributed by atoms with van der Waals surface area (Å²) in [5.74, 6) is 0. The quantitative estimate of drug-likeness (QED) is 0.867. The summed E-state index contributed by atoms with van der Waals surface area (Å²) in [6, 6.07) is 17.5. The van der Waals surface area contributed by atoms with Gasteiger partial charge in [-0.3, -0.25) is 0 Å². The van der Waals surface area contributed by atoms with Crippen LogP contribution in [0.25, 0.3) is 0 Å². The molecule has 110 valence electrons. The number of hydrogen-bond donors (Lipinski definition) is 2. The van der Waals surface area contributed by atoms with E-state index in [1.165, 1.54) is 5.56 Å². The Labute approximate surface area is 130 Å². The molecule has 0 saturated carbocycles. The molecule has 0 bridgehead atoms. The highest BCUT2D eigenvalue weighted by Gasteiger charge is 2.08. The average Bonchev–Trinajstić information content (AvgIpc) is 2.47. The molecule has 2 rings (SSSR count). The molecule has 0 saturated heterocycles. The summed E-state index contributed by atoms with van der Waals surface area (Å²) in [6.45, 7) is 2.41. The van der Waals surface area contributed by atoms with Crippen LogP contribution >= 0.6 is 11.6 Å².